The van der Waals surface area contributed by atoms with Crippen LogP contribution in [0.1, 0.15) is 32.3 Å². The summed E-state index contributed by atoms with van der Waals surface area (Å²) in [5.74, 6) is 0.506. The summed E-state index contributed by atoms with van der Waals surface area (Å²) < 4.78 is 34.5. The number of hydrogen-bond acceptors (Lipinski definition) is 5. The zero-order valence-electron chi connectivity index (χ0n) is 14.6. The van der Waals surface area contributed by atoms with Crippen LogP contribution in [-0.4, -0.2) is 31.3 Å². The molecule has 0 saturated heterocycles. The van der Waals surface area contributed by atoms with Crippen molar-refractivity contribution in [1.29, 1.82) is 0 Å². The molecule has 2 rings (SSSR count). The molecule has 2 aromatic rings. The minimum Gasteiger partial charge on any atom is -0.492 e. The summed E-state index contributed by atoms with van der Waals surface area (Å²) in [4.78, 5) is 11.7. The molecule has 0 spiro atoms. The normalized spacial score (nSPS) is 11.7. The maximum atomic E-state index is 12.7. The molecule has 0 fully saturated rings. The molecule has 1 heterocycles. The van der Waals surface area contributed by atoms with Gasteiger partial charge >= 0.3 is 0 Å². The van der Waals surface area contributed by atoms with E-state index >= 15 is 0 Å². The fourth-order valence-electron chi connectivity index (χ4n) is 2.29. The Morgan fingerprint density at radius 1 is 1.28 bits per heavy atom. The second-order valence-electron chi connectivity index (χ2n) is 5.78. The first-order chi connectivity index (χ1) is 11.8. The van der Waals surface area contributed by atoms with Crippen LogP contribution >= 0.6 is 0 Å². The van der Waals surface area contributed by atoms with E-state index in [9.17, 15) is 13.2 Å². The summed E-state index contributed by atoms with van der Waals surface area (Å²) >= 11 is 0. The Kier molecular flexibility index (Phi) is 6.33. The summed E-state index contributed by atoms with van der Waals surface area (Å²) in [5.41, 5.74) is 0.628. The van der Waals surface area contributed by atoms with Gasteiger partial charge in [0.05, 0.1) is 13.2 Å². The first-order valence-electron chi connectivity index (χ1n) is 8.13. The average molecular weight is 365 g/mol. The van der Waals surface area contributed by atoms with Crippen LogP contribution in [-0.2, 0) is 16.6 Å². The van der Waals surface area contributed by atoms with Gasteiger partial charge in [0.15, 0.2) is 0 Å². The van der Waals surface area contributed by atoms with Gasteiger partial charge in [-0.1, -0.05) is 19.9 Å². The van der Waals surface area contributed by atoms with Crippen molar-refractivity contribution < 1.29 is 13.2 Å². The lowest BCUT2D eigenvalue weighted by atomic mass is 10.0. The predicted molar refractivity (Wildman–Crippen MR) is 95.4 cm³/mol. The summed E-state index contributed by atoms with van der Waals surface area (Å²) in [5, 5.41) is 3.90. The number of benzene rings is 1. The van der Waals surface area contributed by atoms with E-state index in [1.807, 2.05) is 19.9 Å². The lowest BCUT2D eigenvalue weighted by molar-refractivity contribution is 0.330. The van der Waals surface area contributed by atoms with Gasteiger partial charge in [-0.15, -0.1) is 0 Å². The molecule has 0 atom stereocenters. The van der Waals surface area contributed by atoms with Crippen molar-refractivity contribution in [2.45, 2.75) is 38.1 Å². The summed E-state index contributed by atoms with van der Waals surface area (Å²) in [7, 11) is -3.77. The Balaban J connectivity index is 2.21. The third-order valence-corrected chi connectivity index (χ3v) is 5.11. The minimum atomic E-state index is -3.77. The molecule has 0 bridgehead atoms. The molecule has 0 aliphatic carbocycles. The smallest absolute Gasteiger partial charge is 0.266 e. The SMILES string of the molecule is CCOc1ccc(C(C)C)cc1S(=O)(=O)NCCn1ncccc1=O. The van der Waals surface area contributed by atoms with E-state index in [0.717, 1.165) is 5.56 Å². The molecular formula is C17H23N3O4S. The van der Waals surface area contributed by atoms with Crippen molar-refractivity contribution in [3.63, 3.8) is 0 Å². The van der Waals surface area contributed by atoms with Crippen molar-refractivity contribution >= 4 is 10.0 Å². The molecule has 7 nitrogen and oxygen atoms in total. The molecule has 25 heavy (non-hydrogen) atoms. The van der Waals surface area contributed by atoms with E-state index < -0.39 is 10.0 Å². The number of nitrogens with zero attached hydrogens (tertiary/aromatic N) is 2. The Morgan fingerprint density at radius 2 is 2.04 bits per heavy atom. The summed E-state index contributed by atoms with van der Waals surface area (Å²) in [6.45, 7) is 6.35. The van der Waals surface area contributed by atoms with E-state index in [2.05, 4.69) is 9.82 Å². The molecule has 0 unspecified atom stereocenters. The first-order valence-corrected chi connectivity index (χ1v) is 9.62. The molecule has 0 radical (unpaired) electrons. The lowest BCUT2D eigenvalue weighted by Crippen LogP contribution is -2.32. The fourth-order valence-corrected chi connectivity index (χ4v) is 3.49. The zero-order valence-corrected chi connectivity index (χ0v) is 15.4. The third-order valence-electron chi connectivity index (χ3n) is 3.62. The van der Waals surface area contributed by atoms with Crippen LogP contribution in [0.15, 0.2) is 46.2 Å². The lowest BCUT2D eigenvalue weighted by Gasteiger charge is -2.15. The molecule has 0 aliphatic rings. The highest BCUT2D eigenvalue weighted by molar-refractivity contribution is 7.89. The molecular weight excluding hydrogens is 342 g/mol. The highest BCUT2D eigenvalue weighted by Gasteiger charge is 2.20. The topological polar surface area (TPSA) is 90.3 Å². The van der Waals surface area contributed by atoms with Gasteiger partial charge in [0.1, 0.15) is 10.6 Å². The Hall–Kier alpha value is -2.19. The number of aromatic nitrogens is 2. The second kappa shape index (κ2) is 8.26. The van der Waals surface area contributed by atoms with Crippen LogP contribution in [0.4, 0.5) is 0 Å². The Bertz CT molecular complexity index is 875. The molecule has 1 N–H and O–H groups in total. The largest absolute Gasteiger partial charge is 0.492 e. The van der Waals surface area contributed by atoms with Crippen LogP contribution in [0.2, 0.25) is 0 Å². The van der Waals surface area contributed by atoms with Gasteiger partial charge in [0.25, 0.3) is 5.56 Å². The third kappa shape index (κ3) is 4.90. The second-order valence-corrected chi connectivity index (χ2v) is 7.51. The van der Waals surface area contributed by atoms with Crippen molar-refractivity contribution in [3.8, 4) is 5.75 Å². The standard InChI is InChI=1S/C17H23N3O4S/c1-4-24-15-8-7-14(13(2)3)12-16(15)25(22,23)19-10-11-20-17(21)6-5-9-18-20/h5-9,12-13,19H,4,10-11H2,1-3H3. The van der Waals surface area contributed by atoms with E-state index in [0.29, 0.717) is 12.4 Å². The van der Waals surface area contributed by atoms with Crippen LogP contribution in [0.3, 0.4) is 0 Å². The molecule has 8 heteroatoms. The molecule has 0 amide bonds. The predicted octanol–water partition coefficient (Wildman–Crippen LogP) is 1.74. The molecule has 1 aromatic heterocycles. The van der Waals surface area contributed by atoms with Gasteiger partial charge in [-0.25, -0.2) is 17.8 Å². The van der Waals surface area contributed by atoms with Gasteiger partial charge in [-0.05, 0) is 36.6 Å². The number of sulfonamides is 1. The van der Waals surface area contributed by atoms with Crippen molar-refractivity contribution in [1.82, 2.24) is 14.5 Å². The summed E-state index contributed by atoms with van der Waals surface area (Å²) in [6, 6.07) is 8.08. The quantitative estimate of drug-likeness (QED) is 0.770. The maximum absolute atomic E-state index is 12.7. The van der Waals surface area contributed by atoms with E-state index in [1.54, 1.807) is 19.1 Å². The number of rotatable bonds is 8. The Labute approximate surface area is 147 Å². The molecule has 136 valence electrons. The van der Waals surface area contributed by atoms with Gasteiger partial charge < -0.3 is 4.74 Å². The highest BCUT2D eigenvalue weighted by atomic mass is 32.2. The maximum Gasteiger partial charge on any atom is 0.266 e. The molecule has 1 aromatic carbocycles. The minimum absolute atomic E-state index is 0.0523. The molecule has 0 saturated carbocycles. The van der Waals surface area contributed by atoms with Crippen molar-refractivity contribution in [2.75, 3.05) is 13.2 Å². The number of hydrogen-bond donors (Lipinski definition) is 1. The fraction of sp³-hybridized carbons (Fsp3) is 0.412. The van der Waals surface area contributed by atoms with Crippen molar-refractivity contribution in [2.24, 2.45) is 0 Å². The summed E-state index contributed by atoms with van der Waals surface area (Å²) in [6.07, 6.45) is 1.48. The van der Waals surface area contributed by atoms with Gasteiger partial charge in [-0.3, -0.25) is 4.79 Å². The van der Waals surface area contributed by atoms with Crippen LogP contribution < -0.4 is 15.0 Å². The Morgan fingerprint density at radius 3 is 2.68 bits per heavy atom. The van der Waals surface area contributed by atoms with Crippen LogP contribution in [0.25, 0.3) is 0 Å². The highest BCUT2D eigenvalue weighted by Crippen LogP contribution is 2.28. The van der Waals surface area contributed by atoms with E-state index in [1.165, 1.54) is 23.0 Å². The number of nitrogens with one attached hydrogen (secondary N) is 1. The molecule has 0 aliphatic heterocycles. The van der Waals surface area contributed by atoms with E-state index in [4.69, 9.17) is 4.74 Å². The van der Waals surface area contributed by atoms with Gasteiger partial charge in [0, 0.05) is 18.8 Å². The first kappa shape index (κ1) is 19.1. The van der Waals surface area contributed by atoms with Crippen LogP contribution in [0.5, 0.6) is 5.75 Å². The van der Waals surface area contributed by atoms with Crippen LogP contribution in [0, 0.1) is 0 Å². The van der Waals surface area contributed by atoms with E-state index in [-0.39, 0.29) is 29.5 Å². The van der Waals surface area contributed by atoms with Crippen molar-refractivity contribution in [3.05, 3.63) is 52.4 Å². The van der Waals surface area contributed by atoms with Gasteiger partial charge in [-0.2, -0.15) is 5.10 Å². The number of ether oxygens (including phenoxy) is 1. The van der Waals surface area contributed by atoms with Gasteiger partial charge in [0.2, 0.25) is 10.0 Å². The average Bonchev–Trinajstić information content (AvgIpc) is 2.57. The monoisotopic (exact) mass is 365 g/mol. The zero-order chi connectivity index (χ0) is 18.4.